The molecule has 0 aliphatic rings. The van der Waals surface area contributed by atoms with Crippen molar-refractivity contribution in [2.24, 2.45) is 5.10 Å². The number of nitrogens with zero attached hydrogens (tertiary/aromatic N) is 1. The first-order valence-corrected chi connectivity index (χ1v) is 8.84. The van der Waals surface area contributed by atoms with E-state index in [4.69, 9.17) is 14.2 Å². The zero-order valence-electron chi connectivity index (χ0n) is 16.2. The Morgan fingerprint density at radius 3 is 2.56 bits per heavy atom. The van der Waals surface area contributed by atoms with Crippen molar-refractivity contribution in [2.45, 2.75) is 26.2 Å². The number of ether oxygens (including phenoxy) is 3. The van der Waals surface area contributed by atoms with Crippen LogP contribution in [0.3, 0.4) is 0 Å². The summed E-state index contributed by atoms with van der Waals surface area (Å²) in [6, 6.07) is 13.1. The number of hydrazone groups is 1. The summed E-state index contributed by atoms with van der Waals surface area (Å²) in [7, 11) is 3.14. The molecule has 0 aliphatic carbocycles. The van der Waals surface area contributed by atoms with E-state index in [0.717, 1.165) is 23.3 Å². The van der Waals surface area contributed by atoms with Crippen LogP contribution >= 0.6 is 0 Å². The molecule has 1 amide bonds. The minimum Gasteiger partial charge on any atom is -0.493 e. The fourth-order valence-electron chi connectivity index (χ4n) is 2.53. The molecule has 0 aliphatic heterocycles. The van der Waals surface area contributed by atoms with Gasteiger partial charge < -0.3 is 14.2 Å². The van der Waals surface area contributed by atoms with E-state index in [1.54, 1.807) is 26.4 Å². The van der Waals surface area contributed by atoms with E-state index >= 15 is 0 Å². The highest BCUT2D eigenvalue weighted by molar-refractivity contribution is 5.83. The number of hydrogen-bond donors (Lipinski definition) is 1. The summed E-state index contributed by atoms with van der Waals surface area (Å²) in [4.78, 5) is 12.0. The van der Waals surface area contributed by atoms with Crippen molar-refractivity contribution in [1.29, 1.82) is 0 Å². The van der Waals surface area contributed by atoms with Crippen LogP contribution < -0.4 is 19.6 Å². The monoisotopic (exact) mass is 370 g/mol. The summed E-state index contributed by atoms with van der Waals surface area (Å²) in [5, 5.41) is 3.96. The lowest BCUT2D eigenvalue weighted by Gasteiger charge is -2.15. The Labute approximate surface area is 160 Å². The second-order valence-corrected chi connectivity index (χ2v) is 6.04. The number of nitrogens with one attached hydrogen (secondary N) is 1. The molecule has 2 rings (SSSR count). The number of hydrogen-bond acceptors (Lipinski definition) is 5. The first-order chi connectivity index (χ1) is 13.1. The Bertz CT molecular complexity index is 790. The van der Waals surface area contributed by atoms with Crippen molar-refractivity contribution in [3.05, 3.63) is 53.6 Å². The number of rotatable bonds is 9. The molecule has 0 fully saturated rings. The predicted octanol–water partition coefficient (Wildman–Crippen LogP) is 3.75. The van der Waals surface area contributed by atoms with Gasteiger partial charge in [0.05, 0.1) is 20.4 Å². The van der Waals surface area contributed by atoms with Crippen LogP contribution in [0.2, 0.25) is 0 Å². The Morgan fingerprint density at radius 2 is 1.85 bits per heavy atom. The van der Waals surface area contributed by atoms with Gasteiger partial charge in [-0.1, -0.05) is 32.0 Å². The number of carbonyl (C=O) groups is 1. The van der Waals surface area contributed by atoms with Gasteiger partial charge in [0.1, 0.15) is 5.75 Å². The van der Waals surface area contributed by atoms with Gasteiger partial charge in [0, 0.05) is 0 Å². The Balaban J connectivity index is 1.91. The maximum atomic E-state index is 12.0. The van der Waals surface area contributed by atoms with Gasteiger partial charge in [-0.2, -0.15) is 5.10 Å². The van der Waals surface area contributed by atoms with Crippen LogP contribution in [0, 0.1) is 0 Å². The molecule has 27 heavy (non-hydrogen) atoms. The highest BCUT2D eigenvalue weighted by atomic mass is 16.5. The molecular formula is C21H26N2O4. The smallest absolute Gasteiger partial charge is 0.277 e. The van der Waals surface area contributed by atoms with E-state index in [9.17, 15) is 4.79 Å². The zero-order chi connectivity index (χ0) is 19.6. The molecule has 144 valence electrons. The highest BCUT2D eigenvalue weighted by Crippen LogP contribution is 2.28. The van der Waals surface area contributed by atoms with E-state index in [2.05, 4.69) is 24.4 Å². The largest absolute Gasteiger partial charge is 0.493 e. The second-order valence-electron chi connectivity index (χ2n) is 6.04. The predicted molar refractivity (Wildman–Crippen MR) is 106 cm³/mol. The van der Waals surface area contributed by atoms with E-state index < -0.39 is 0 Å². The average molecular weight is 370 g/mol. The van der Waals surface area contributed by atoms with Crippen molar-refractivity contribution in [2.75, 3.05) is 20.8 Å². The summed E-state index contributed by atoms with van der Waals surface area (Å²) >= 11 is 0. The fraction of sp³-hybridized carbons (Fsp3) is 0.333. The standard InChI is InChI=1S/C21H26N2O4/c1-5-15(2)17-8-6-7-9-18(17)27-14-21(24)23-22-13-16-10-11-19(25-3)20(12-16)26-4/h6-13,15H,5,14H2,1-4H3,(H,23,24). The molecule has 1 N–H and O–H groups in total. The molecule has 6 heteroatoms. The third-order valence-electron chi connectivity index (χ3n) is 4.23. The molecule has 6 nitrogen and oxygen atoms in total. The summed E-state index contributed by atoms with van der Waals surface area (Å²) in [5.41, 5.74) is 4.34. The molecule has 0 saturated heterocycles. The van der Waals surface area contributed by atoms with Crippen molar-refractivity contribution >= 4 is 12.1 Å². The number of amides is 1. The van der Waals surface area contributed by atoms with E-state index in [1.807, 2.05) is 30.3 Å². The molecule has 0 aromatic heterocycles. The van der Waals surface area contributed by atoms with Crippen LogP contribution in [0.5, 0.6) is 17.2 Å². The maximum absolute atomic E-state index is 12.0. The van der Waals surface area contributed by atoms with E-state index in [0.29, 0.717) is 17.4 Å². The molecule has 2 aromatic rings. The van der Waals surface area contributed by atoms with Gasteiger partial charge in [-0.3, -0.25) is 4.79 Å². The molecule has 0 spiro atoms. The Kier molecular flexibility index (Phi) is 7.67. The molecule has 1 atom stereocenters. The SMILES string of the molecule is CCC(C)c1ccccc1OCC(=O)NN=Cc1ccc(OC)c(OC)c1. The molecule has 0 bridgehead atoms. The van der Waals surface area contributed by atoms with Gasteiger partial charge in [-0.15, -0.1) is 0 Å². The van der Waals surface area contributed by atoms with Gasteiger partial charge in [0.15, 0.2) is 18.1 Å². The summed E-state index contributed by atoms with van der Waals surface area (Å²) < 4.78 is 16.1. The maximum Gasteiger partial charge on any atom is 0.277 e. The van der Waals surface area contributed by atoms with Gasteiger partial charge in [0.2, 0.25) is 0 Å². The first kappa shape index (κ1) is 20.3. The molecular weight excluding hydrogens is 344 g/mol. The lowest BCUT2D eigenvalue weighted by molar-refractivity contribution is -0.123. The van der Waals surface area contributed by atoms with Crippen LogP contribution in [0.25, 0.3) is 0 Å². The third kappa shape index (κ3) is 5.74. The van der Waals surface area contributed by atoms with Crippen LogP contribution in [-0.2, 0) is 4.79 Å². The molecule has 0 saturated carbocycles. The number of methoxy groups -OCH3 is 2. The van der Waals surface area contributed by atoms with Gasteiger partial charge in [0.25, 0.3) is 5.91 Å². The highest BCUT2D eigenvalue weighted by Gasteiger charge is 2.11. The lowest BCUT2D eigenvalue weighted by atomic mass is 9.98. The third-order valence-corrected chi connectivity index (χ3v) is 4.23. The molecule has 0 radical (unpaired) electrons. The number of carbonyl (C=O) groups excluding carboxylic acids is 1. The minimum absolute atomic E-state index is 0.100. The quantitative estimate of drug-likeness (QED) is 0.539. The molecule has 1 unspecified atom stereocenters. The fourth-order valence-corrected chi connectivity index (χ4v) is 2.53. The Hall–Kier alpha value is -3.02. The average Bonchev–Trinajstić information content (AvgIpc) is 2.71. The van der Waals surface area contributed by atoms with Crippen molar-refractivity contribution in [3.8, 4) is 17.2 Å². The normalized spacial score (nSPS) is 11.9. The van der Waals surface area contributed by atoms with Gasteiger partial charge in [-0.05, 0) is 47.7 Å². The van der Waals surface area contributed by atoms with Crippen molar-refractivity contribution in [1.82, 2.24) is 5.43 Å². The first-order valence-electron chi connectivity index (χ1n) is 8.84. The summed E-state index contributed by atoms with van der Waals surface area (Å²) in [6.45, 7) is 4.16. The molecule has 0 heterocycles. The van der Waals surface area contributed by atoms with Gasteiger partial charge >= 0.3 is 0 Å². The van der Waals surface area contributed by atoms with Crippen LogP contribution in [0.1, 0.15) is 37.3 Å². The number of para-hydroxylation sites is 1. The van der Waals surface area contributed by atoms with E-state index in [-0.39, 0.29) is 12.5 Å². The second kappa shape index (κ2) is 10.2. The summed E-state index contributed by atoms with van der Waals surface area (Å²) in [6.07, 6.45) is 2.54. The van der Waals surface area contributed by atoms with Crippen LogP contribution in [0.15, 0.2) is 47.6 Å². The van der Waals surface area contributed by atoms with Crippen LogP contribution in [0.4, 0.5) is 0 Å². The minimum atomic E-state index is -0.328. The van der Waals surface area contributed by atoms with Crippen molar-refractivity contribution < 1.29 is 19.0 Å². The Morgan fingerprint density at radius 1 is 1.11 bits per heavy atom. The zero-order valence-corrected chi connectivity index (χ0v) is 16.2. The van der Waals surface area contributed by atoms with Crippen molar-refractivity contribution in [3.63, 3.8) is 0 Å². The van der Waals surface area contributed by atoms with Crippen LogP contribution in [-0.4, -0.2) is 32.9 Å². The lowest BCUT2D eigenvalue weighted by Crippen LogP contribution is -2.25. The summed E-state index contributed by atoms with van der Waals surface area (Å²) in [5.74, 6) is 1.99. The topological polar surface area (TPSA) is 69.2 Å². The van der Waals surface area contributed by atoms with Gasteiger partial charge in [-0.25, -0.2) is 5.43 Å². The number of benzene rings is 2. The molecule has 2 aromatic carbocycles. The van der Waals surface area contributed by atoms with E-state index in [1.165, 1.54) is 6.21 Å².